The lowest BCUT2D eigenvalue weighted by molar-refractivity contribution is 0.165. The molecule has 2 N–H and O–H groups in total. The van der Waals surface area contributed by atoms with Crippen LogP contribution < -0.4 is 5.73 Å². The molecule has 1 saturated carbocycles. The lowest BCUT2D eigenvalue weighted by Gasteiger charge is -2.32. The molecule has 0 saturated heterocycles. The van der Waals surface area contributed by atoms with E-state index in [9.17, 15) is 0 Å². The summed E-state index contributed by atoms with van der Waals surface area (Å²) in [5, 5.41) is 0. The van der Waals surface area contributed by atoms with E-state index in [-0.39, 0.29) is 6.04 Å². The number of hydrogen-bond acceptors (Lipinski definition) is 2. The quantitative estimate of drug-likeness (QED) is 0.734. The Morgan fingerprint density at radius 3 is 2.86 bits per heavy atom. The molecule has 0 radical (unpaired) electrons. The van der Waals surface area contributed by atoms with Gasteiger partial charge in [-0.1, -0.05) is 20.3 Å². The molecule has 1 aliphatic carbocycles. The summed E-state index contributed by atoms with van der Waals surface area (Å²) in [5.41, 5.74) is 6.66. The van der Waals surface area contributed by atoms with Crippen LogP contribution in [0.15, 0.2) is 11.8 Å². The second-order valence-corrected chi connectivity index (χ2v) is 5.26. The fraction of sp³-hybridized carbons (Fsp3) is 0.833. The van der Waals surface area contributed by atoms with Crippen molar-refractivity contribution in [2.45, 2.75) is 45.6 Å². The topological polar surface area (TPSA) is 35.2 Å². The zero-order valence-corrected chi connectivity index (χ0v) is 9.25. The Kier molecular flexibility index (Phi) is 2.56. The monoisotopic (exact) mass is 195 g/mol. The van der Waals surface area contributed by atoms with Crippen molar-refractivity contribution in [3.63, 3.8) is 0 Å². The molecule has 2 unspecified atom stereocenters. The summed E-state index contributed by atoms with van der Waals surface area (Å²) in [6, 6.07) is 0.134. The van der Waals surface area contributed by atoms with Gasteiger partial charge in [0.1, 0.15) is 5.76 Å². The molecule has 2 aliphatic rings. The van der Waals surface area contributed by atoms with Crippen molar-refractivity contribution in [1.29, 1.82) is 0 Å². The Labute approximate surface area is 86.5 Å². The summed E-state index contributed by atoms with van der Waals surface area (Å²) in [5.74, 6) is 1.65. The SMILES string of the molecule is CC1(C)CCCC1C(N)C1=CCCO1. The maximum atomic E-state index is 6.27. The van der Waals surface area contributed by atoms with E-state index in [2.05, 4.69) is 19.9 Å². The van der Waals surface area contributed by atoms with Crippen molar-refractivity contribution < 1.29 is 4.74 Å². The van der Waals surface area contributed by atoms with Crippen LogP contribution in [0.5, 0.6) is 0 Å². The minimum absolute atomic E-state index is 0.134. The van der Waals surface area contributed by atoms with Crippen molar-refractivity contribution in [1.82, 2.24) is 0 Å². The van der Waals surface area contributed by atoms with E-state index in [0.29, 0.717) is 11.3 Å². The average Bonchev–Trinajstić information content (AvgIpc) is 2.71. The van der Waals surface area contributed by atoms with Gasteiger partial charge in [-0.2, -0.15) is 0 Å². The van der Waals surface area contributed by atoms with Gasteiger partial charge in [-0.3, -0.25) is 0 Å². The van der Waals surface area contributed by atoms with Crippen molar-refractivity contribution in [3.05, 3.63) is 11.8 Å². The summed E-state index contributed by atoms with van der Waals surface area (Å²) in [4.78, 5) is 0. The molecular formula is C12H21NO. The Morgan fingerprint density at radius 2 is 2.36 bits per heavy atom. The number of rotatable bonds is 2. The van der Waals surface area contributed by atoms with E-state index in [0.717, 1.165) is 18.8 Å². The molecule has 80 valence electrons. The van der Waals surface area contributed by atoms with Crippen LogP contribution in [0.1, 0.15) is 39.5 Å². The highest BCUT2D eigenvalue weighted by Crippen LogP contribution is 2.45. The molecule has 1 heterocycles. The van der Waals surface area contributed by atoms with Gasteiger partial charge in [0, 0.05) is 6.42 Å². The van der Waals surface area contributed by atoms with Gasteiger partial charge in [-0.25, -0.2) is 0 Å². The zero-order valence-electron chi connectivity index (χ0n) is 9.25. The zero-order chi connectivity index (χ0) is 10.2. The Bertz CT molecular complexity index is 245. The molecule has 1 fully saturated rings. The maximum absolute atomic E-state index is 6.27. The van der Waals surface area contributed by atoms with Crippen LogP contribution in [0.25, 0.3) is 0 Å². The van der Waals surface area contributed by atoms with Crippen LogP contribution in [0, 0.1) is 11.3 Å². The van der Waals surface area contributed by atoms with Crippen LogP contribution in [0.3, 0.4) is 0 Å². The van der Waals surface area contributed by atoms with E-state index in [1.54, 1.807) is 0 Å². The molecule has 0 aromatic heterocycles. The molecule has 0 bridgehead atoms. The number of nitrogens with two attached hydrogens (primary N) is 1. The third-order valence-corrected chi connectivity index (χ3v) is 3.83. The highest BCUT2D eigenvalue weighted by atomic mass is 16.5. The smallest absolute Gasteiger partial charge is 0.109 e. The van der Waals surface area contributed by atoms with E-state index >= 15 is 0 Å². The minimum Gasteiger partial charge on any atom is -0.496 e. The minimum atomic E-state index is 0.134. The Balaban J connectivity index is 2.07. The first-order chi connectivity index (χ1) is 6.61. The molecule has 2 rings (SSSR count). The first kappa shape index (κ1) is 10.0. The van der Waals surface area contributed by atoms with Crippen LogP contribution in [0.4, 0.5) is 0 Å². The van der Waals surface area contributed by atoms with Gasteiger partial charge in [0.15, 0.2) is 0 Å². The Hall–Kier alpha value is -0.500. The van der Waals surface area contributed by atoms with E-state index in [1.807, 2.05) is 0 Å². The molecule has 2 nitrogen and oxygen atoms in total. The highest BCUT2D eigenvalue weighted by molar-refractivity contribution is 5.11. The van der Waals surface area contributed by atoms with Gasteiger partial charge in [0.05, 0.1) is 12.6 Å². The van der Waals surface area contributed by atoms with Crippen molar-refractivity contribution >= 4 is 0 Å². The molecule has 0 aromatic rings. The summed E-state index contributed by atoms with van der Waals surface area (Å²) < 4.78 is 5.56. The Morgan fingerprint density at radius 1 is 1.57 bits per heavy atom. The third kappa shape index (κ3) is 1.68. The van der Waals surface area contributed by atoms with Crippen LogP contribution in [-0.2, 0) is 4.74 Å². The molecule has 14 heavy (non-hydrogen) atoms. The molecule has 1 aliphatic heterocycles. The van der Waals surface area contributed by atoms with Crippen molar-refractivity contribution in [3.8, 4) is 0 Å². The average molecular weight is 195 g/mol. The largest absolute Gasteiger partial charge is 0.496 e. The third-order valence-electron chi connectivity index (χ3n) is 3.83. The second-order valence-electron chi connectivity index (χ2n) is 5.26. The number of hydrogen-bond donors (Lipinski definition) is 1. The molecule has 2 heteroatoms. The second kappa shape index (κ2) is 3.58. The normalized spacial score (nSPS) is 32.5. The van der Waals surface area contributed by atoms with Crippen molar-refractivity contribution in [2.24, 2.45) is 17.1 Å². The predicted molar refractivity (Wildman–Crippen MR) is 57.7 cm³/mol. The highest BCUT2D eigenvalue weighted by Gasteiger charge is 2.40. The van der Waals surface area contributed by atoms with E-state index in [4.69, 9.17) is 10.5 Å². The molecule has 0 spiro atoms. The predicted octanol–water partition coefficient (Wildman–Crippen LogP) is 2.44. The van der Waals surface area contributed by atoms with Gasteiger partial charge in [-0.15, -0.1) is 0 Å². The van der Waals surface area contributed by atoms with Gasteiger partial charge < -0.3 is 10.5 Å². The summed E-state index contributed by atoms with van der Waals surface area (Å²) in [7, 11) is 0. The van der Waals surface area contributed by atoms with Gasteiger partial charge in [-0.05, 0) is 30.3 Å². The van der Waals surface area contributed by atoms with Crippen LogP contribution in [0.2, 0.25) is 0 Å². The van der Waals surface area contributed by atoms with Gasteiger partial charge >= 0.3 is 0 Å². The maximum Gasteiger partial charge on any atom is 0.109 e. The summed E-state index contributed by atoms with van der Waals surface area (Å²) >= 11 is 0. The van der Waals surface area contributed by atoms with E-state index < -0.39 is 0 Å². The van der Waals surface area contributed by atoms with Gasteiger partial charge in [0.25, 0.3) is 0 Å². The van der Waals surface area contributed by atoms with Crippen molar-refractivity contribution in [2.75, 3.05) is 6.61 Å². The van der Waals surface area contributed by atoms with Crippen LogP contribution in [-0.4, -0.2) is 12.6 Å². The van der Waals surface area contributed by atoms with E-state index in [1.165, 1.54) is 19.3 Å². The van der Waals surface area contributed by atoms with Crippen LogP contribution >= 0.6 is 0 Å². The van der Waals surface area contributed by atoms with Gasteiger partial charge in [0.2, 0.25) is 0 Å². The lowest BCUT2D eigenvalue weighted by atomic mass is 9.77. The first-order valence-corrected chi connectivity index (χ1v) is 5.70. The fourth-order valence-corrected chi connectivity index (χ4v) is 2.89. The molecular weight excluding hydrogens is 174 g/mol. The fourth-order valence-electron chi connectivity index (χ4n) is 2.89. The number of ether oxygens (including phenoxy) is 1. The molecule has 2 atom stereocenters. The first-order valence-electron chi connectivity index (χ1n) is 5.70. The standard InChI is InChI=1S/C12H21NO/c1-12(2)7-3-5-9(12)11(13)10-6-4-8-14-10/h6,9,11H,3-5,7-8,13H2,1-2H3. The lowest BCUT2D eigenvalue weighted by Crippen LogP contribution is -2.38. The summed E-state index contributed by atoms with van der Waals surface area (Å²) in [6.45, 7) is 5.50. The summed E-state index contributed by atoms with van der Waals surface area (Å²) in [6.07, 6.45) is 7.08. The molecule has 0 aromatic carbocycles. The molecule has 0 amide bonds.